The molecule has 0 radical (unpaired) electrons. The quantitative estimate of drug-likeness (QED) is 0.850. The lowest BCUT2D eigenvalue weighted by atomic mass is 9.87. The summed E-state index contributed by atoms with van der Waals surface area (Å²) in [4.78, 5) is 4.33. The first-order valence-corrected chi connectivity index (χ1v) is 9.88. The van der Waals surface area contributed by atoms with Gasteiger partial charge in [0.15, 0.2) is 0 Å². The second-order valence-electron chi connectivity index (χ2n) is 7.27. The average Bonchev–Trinajstić information content (AvgIpc) is 2.96. The maximum atomic E-state index is 12.0. The van der Waals surface area contributed by atoms with Crippen molar-refractivity contribution in [3.63, 3.8) is 0 Å². The molecule has 0 saturated carbocycles. The Morgan fingerprint density at radius 3 is 2.58 bits per heavy atom. The van der Waals surface area contributed by atoms with Crippen LogP contribution >= 0.6 is 0 Å². The molecule has 134 valence electrons. The van der Waals surface area contributed by atoms with E-state index in [0.29, 0.717) is 24.5 Å². The van der Waals surface area contributed by atoms with E-state index in [1.54, 1.807) is 7.05 Å². The maximum Gasteiger partial charge on any atom is 0.232 e. The van der Waals surface area contributed by atoms with E-state index in [-0.39, 0.29) is 5.41 Å². The zero-order valence-corrected chi connectivity index (χ0v) is 15.9. The third-order valence-electron chi connectivity index (χ3n) is 3.76. The fourth-order valence-electron chi connectivity index (χ4n) is 2.56. The summed E-state index contributed by atoms with van der Waals surface area (Å²) in [7, 11) is -1.77. The van der Waals surface area contributed by atoms with Crippen LogP contribution in [0.1, 0.15) is 26.3 Å². The second-order valence-corrected chi connectivity index (χ2v) is 9.28. The van der Waals surface area contributed by atoms with E-state index < -0.39 is 10.0 Å². The number of amidine groups is 1. The minimum Gasteiger partial charge on any atom is -0.485 e. The molecule has 0 aliphatic carbocycles. The van der Waals surface area contributed by atoms with E-state index in [9.17, 15) is 8.42 Å². The lowest BCUT2D eigenvalue weighted by molar-refractivity contribution is 0.354. The zero-order chi connectivity index (χ0) is 18.0. The number of benzene rings is 1. The molecule has 0 unspecified atom stereocenters. The minimum absolute atomic E-state index is 0.00428. The van der Waals surface area contributed by atoms with Gasteiger partial charge in [-0.2, -0.15) is 0 Å². The third-order valence-corrected chi connectivity index (χ3v) is 4.95. The van der Waals surface area contributed by atoms with Gasteiger partial charge in [-0.25, -0.2) is 8.42 Å². The van der Waals surface area contributed by atoms with E-state index in [0.717, 1.165) is 24.5 Å². The zero-order valence-electron chi connectivity index (χ0n) is 15.1. The molecule has 1 heterocycles. The van der Waals surface area contributed by atoms with Gasteiger partial charge in [0.2, 0.25) is 10.0 Å². The first kappa shape index (κ1) is 18.6. The summed E-state index contributed by atoms with van der Waals surface area (Å²) in [6, 6.07) is 5.53. The molecule has 1 aliphatic rings. The summed E-state index contributed by atoms with van der Waals surface area (Å²) in [6.07, 6.45) is 1.91. The lowest BCUT2D eigenvalue weighted by Gasteiger charge is -2.26. The molecular weight excluding hydrogens is 326 g/mol. The first-order valence-electron chi connectivity index (χ1n) is 8.04. The van der Waals surface area contributed by atoms with E-state index in [4.69, 9.17) is 4.74 Å². The van der Waals surface area contributed by atoms with Gasteiger partial charge in [-0.3, -0.25) is 9.30 Å². The average molecular weight is 353 g/mol. The van der Waals surface area contributed by atoms with Gasteiger partial charge in [0.25, 0.3) is 0 Å². The molecule has 24 heavy (non-hydrogen) atoms. The summed E-state index contributed by atoms with van der Waals surface area (Å²) >= 11 is 0. The highest BCUT2D eigenvalue weighted by Crippen LogP contribution is 2.35. The fraction of sp³-hybridized carbons (Fsp3) is 0.588. The van der Waals surface area contributed by atoms with Crippen LogP contribution in [0, 0.1) is 5.41 Å². The van der Waals surface area contributed by atoms with E-state index in [2.05, 4.69) is 31.1 Å². The molecule has 6 nitrogen and oxygen atoms in total. The Kier molecular flexibility index (Phi) is 5.42. The smallest absolute Gasteiger partial charge is 0.232 e. The van der Waals surface area contributed by atoms with Crippen LogP contribution < -0.4 is 14.4 Å². The Hall–Kier alpha value is -1.76. The van der Waals surface area contributed by atoms with Gasteiger partial charge < -0.3 is 10.1 Å². The number of anilines is 1. The van der Waals surface area contributed by atoms with Crippen molar-refractivity contribution in [2.45, 2.75) is 27.2 Å². The van der Waals surface area contributed by atoms with Crippen molar-refractivity contribution in [3.8, 4) is 5.75 Å². The van der Waals surface area contributed by atoms with Gasteiger partial charge >= 0.3 is 0 Å². The van der Waals surface area contributed by atoms with Crippen LogP contribution in [0.3, 0.4) is 0 Å². The molecule has 0 spiro atoms. The van der Waals surface area contributed by atoms with Crippen LogP contribution in [-0.2, 0) is 16.4 Å². The Balaban J connectivity index is 2.37. The normalized spacial score (nSPS) is 15.0. The number of hydrogen-bond donors (Lipinski definition) is 1. The molecule has 0 fully saturated rings. The summed E-state index contributed by atoms with van der Waals surface area (Å²) in [5, 5.41) is 3.17. The molecule has 0 bridgehead atoms. The first-order chi connectivity index (χ1) is 11.1. The van der Waals surface area contributed by atoms with Crippen molar-refractivity contribution in [3.05, 3.63) is 23.8 Å². The lowest BCUT2D eigenvalue weighted by Crippen LogP contribution is -2.28. The maximum absolute atomic E-state index is 12.0. The van der Waals surface area contributed by atoms with E-state index in [1.165, 1.54) is 10.6 Å². The number of aliphatic imine (C=N–C) groups is 1. The van der Waals surface area contributed by atoms with Gasteiger partial charge in [0.1, 0.15) is 18.2 Å². The Morgan fingerprint density at radius 1 is 1.33 bits per heavy atom. The van der Waals surface area contributed by atoms with Crippen LogP contribution in [0.2, 0.25) is 0 Å². The highest BCUT2D eigenvalue weighted by Gasteiger charge is 2.23. The van der Waals surface area contributed by atoms with Gasteiger partial charge in [-0.05, 0) is 24.0 Å². The van der Waals surface area contributed by atoms with Crippen LogP contribution in [0.4, 0.5) is 5.69 Å². The number of nitrogens with one attached hydrogen (secondary N) is 1. The Morgan fingerprint density at radius 2 is 2.04 bits per heavy atom. The largest absolute Gasteiger partial charge is 0.485 e. The Labute approximate surface area is 145 Å². The van der Waals surface area contributed by atoms with E-state index >= 15 is 0 Å². The van der Waals surface area contributed by atoms with E-state index in [1.807, 2.05) is 18.2 Å². The predicted molar refractivity (Wildman–Crippen MR) is 98.6 cm³/mol. The number of rotatable bonds is 6. The summed E-state index contributed by atoms with van der Waals surface area (Å²) in [5.74, 6) is 1.54. The molecule has 0 atom stereocenters. The Bertz CT molecular complexity index is 721. The van der Waals surface area contributed by atoms with Crippen molar-refractivity contribution in [1.82, 2.24) is 5.32 Å². The fourth-order valence-corrected chi connectivity index (χ4v) is 3.09. The van der Waals surface area contributed by atoms with Gasteiger partial charge in [-0.1, -0.05) is 26.8 Å². The standard InChI is InChI=1S/C17H27N3O3S/c1-17(2,3)11-13-14(20(4)24(5,21)22)7-6-8-15(13)23-12-16-18-9-10-19-16/h6-8H,9-12H2,1-5H3,(H,18,19). The third kappa shape index (κ3) is 4.87. The van der Waals surface area contributed by atoms with Gasteiger partial charge in [0.05, 0.1) is 18.5 Å². The molecule has 1 N–H and O–H groups in total. The molecule has 2 rings (SSSR count). The molecule has 0 saturated heterocycles. The van der Waals surface area contributed by atoms with Crippen molar-refractivity contribution >= 4 is 21.5 Å². The molecular formula is C17H27N3O3S. The predicted octanol–water partition coefficient (Wildman–Crippen LogP) is 2.05. The molecule has 7 heteroatoms. The number of hydrogen-bond acceptors (Lipinski definition) is 5. The minimum atomic E-state index is -3.34. The SMILES string of the molecule is CN(c1cccc(OCC2=NCCN2)c1CC(C)(C)C)S(C)(=O)=O. The highest BCUT2D eigenvalue weighted by atomic mass is 32.2. The highest BCUT2D eigenvalue weighted by molar-refractivity contribution is 7.92. The number of nitrogens with zero attached hydrogens (tertiary/aromatic N) is 2. The number of sulfonamides is 1. The van der Waals surface area contributed by atoms with Crippen molar-refractivity contribution in [2.24, 2.45) is 10.4 Å². The molecule has 1 aliphatic heterocycles. The van der Waals surface area contributed by atoms with Gasteiger partial charge in [-0.15, -0.1) is 0 Å². The molecule has 1 aromatic carbocycles. The van der Waals surface area contributed by atoms with Crippen molar-refractivity contribution in [1.29, 1.82) is 0 Å². The molecule has 1 aromatic rings. The van der Waals surface area contributed by atoms with Crippen LogP contribution in [0.25, 0.3) is 0 Å². The summed E-state index contributed by atoms with van der Waals surface area (Å²) in [6.45, 7) is 8.34. The number of ether oxygens (including phenoxy) is 1. The topological polar surface area (TPSA) is 71.0 Å². The molecule has 0 amide bonds. The van der Waals surface area contributed by atoms with Crippen molar-refractivity contribution in [2.75, 3.05) is 37.3 Å². The second kappa shape index (κ2) is 7.01. The van der Waals surface area contributed by atoms with Crippen LogP contribution in [0.15, 0.2) is 23.2 Å². The summed E-state index contributed by atoms with van der Waals surface area (Å²) < 4.78 is 31.2. The molecule has 0 aromatic heterocycles. The summed E-state index contributed by atoms with van der Waals surface area (Å²) in [5.41, 5.74) is 1.55. The van der Waals surface area contributed by atoms with Crippen molar-refractivity contribution < 1.29 is 13.2 Å². The van der Waals surface area contributed by atoms with Crippen LogP contribution in [-0.4, -0.2) is 47.3 Å². The monoisotopic (exact) mass is 353 g/mol. The van der Waals surface area contributed by atoms with Crippen LogP contribution in [0.5, 0.6) is 5.75 Å². The van der Waals surface area contributed by atoms with Gasteiger partial charge in [0, 0.05) is 19.2 Å².